The summed E-state index contributed by atoms with van der Waals surface area (Å²) in [7, 11) is 0. The van der Waals surface area contributed by atoms with Crippen LogP contribution < -0.4 is 9.47 Å². The van der Waals surface area contributed by atoms with Crippen LogP contribution in [0.15, 0.2) is 19.6 Å². The standard InChI is InChI=1S/C32H49NO3S2/c1-10-14-16-23(12-3)19-35-26-21(5)22(6)27(36-20-24(13-4)17-15-11-2)29-28(26)37-31(38-29)25(18-33)30(34)32(7,8)9/h23-24H,10-17,19-20H2,1-9H3. The van der Waals surface area contributed by atoms with Crippen LogP contribution in [0.25, 0.3) is 0 Å². The molecule has 38 heavy (non-hydrogen) atoms. The zero-order chi connectivity index (χ0) is 28.5. The molecule has 0 fully saturated rings. The molecule has 0 saturated carbocycles. The number of hydrogen-bond acceptors (Lipinski definition) is 6. The number of Topliss-reactive ketones (excluding diaryl/α,β-unsaturated/α-hetero) is 1. The van der Waals surface area contributed by atoms with Gasteiger partial charge in [-0.05, 0) is 49.7 Å². The highest BCUT2D eigenvalue weighted by atomic mass is 32.2. The summed E-state index contributed by atoms with van der Waals surface area (Å²) < 4.78 is 13.9. The zero-order valence-corrected chi connectivity index (χ0v) is 26.8. The third-order valence-electron chi connectivity index (χ3n) is 7.49. The molecule has 0 aliphatic carbocycles. The maximum atomic E-state index is 13.2. The second-order valence-corrected chi connectivity index (χ2v) is 13.9. The molecule has 0 bridgehead atoms. The van der Waals surface area contributed by atoms with Crippen LogP contribution in [-0.2, 0) is 4.79 Å². The van der Waals surface area contributed by atoms with E-state index < -0.39 is 5.41 Å². The molecule has 6 heteroatoms. The number of carbonyl (C=O) groups excluding carboxylic acids is 1. The topological polar surface area (TPSA) is 59.3 Å². The highest BCUT2D eigenvalue weighted by Crippen LogP contribution is 2.61. The predicted octanol–water partition coefficient (Wildman–Crippen LogP) is 10.0. The first-order valence-corrected chi connectivity index (χ1v) is 16.1. The minimum atomic E-state index is -0.625. The second kappa shape index (κ2) is 15.3. The summed E-state index contributed by atoms with van der Waals surface area (Å²) in [6.45, 7) is 20.1. The van der Waals surface area contributed by atoms with E-state index in [1.54, 1.807) is 0 Å². The Morgan fingerprint density at radius 2 is 1.26 bits per heavy atom. The van der Waals surface area contributed by atoms with Crippen LogP contribution in [0.5, 0.6) is 11.5 Å². The van der Waals surface area contributed by atoms with Gasteiger partial charge in [-0.2, -0.15) is 5.26 Å². The van der Waals surface area contributed by atoms with Gasteiger partial charge in [0.25, 0.3) is 0 Å². The first-order chi connectivity index (χ1) is 18.0. The lowest BCUT2D eigenvalue weighted by molar-refractivity contribution is -0.122. The minimum absolute atomic E-state index is 0.127. The minimum Gasteiger partial charge on any atom is -0.492 e. The molecule has 2 unspecified atom stereocenters. The summed E-state index contributed by atoms with van der Waals surface area (Å²) in [5.41, 5.74) is 1.78. The fourth-order valence-electron chi connectivity index (χ4n) is 4.49. The molecule has 0 amide bonds. The van der Waals surface area contributed by atoms with Crippen molar-refractivity contribution in [3.8, 4) is 17.6 Å². The van der Waals surface area contributed by atoms with E-state index in [1.807, 2.05) is 20.8 Å². The number of carbonyl (C=O) groups is 1. The van der Waals surface area contributed by atoms with Crippen molar-refractivity contribution in [3.63, 3.8) is 0 Å². The van der Waals surface area contributed by atoms with Gasteiger partial charge in [0.1, 0.15) is 23.1 Å². The van der Waals surface area contributed by atoms with Crippen molar-refractivity contribution < 1.29 is 14.3 Å². The van der Waals surface area contributed by atoms with Crippen LogP contribution in [0.1, 0.15) is 111 Å². The molecule has 1 aliphatic rings. The van der Waals surface area contributed by atoms with E-state index in [4.69, 9.17) is 9.47 Å². The highest BCUT2D eigenvalue weighted by molar-refractivity contribution is 8.24. The number of hydrogen-bond donors (Lipinski definition) is 0. The molecule has 212 valence electrons. The smallest absolute Gasteiger partial charge is 0.180 e. The van der Waals surface area contributed by atoms with Gasteiger partial charge in [-0.15, -0.1) is 0 Å². The number of allylic oxidation sites excluding steroid dienone is 1. The van der Waals surface area contributed by atoms with Crippen LogP contribution >= 0.6 is 23.5 Å². The number of nitrogens with zero attached hydrogens (tertiary/aromatic N) is 1. The van der Waals surface area contributed by atoms with Crippen LogP contribution in [0, 0.1) is 42.4 Å². The SMILES string of the molecule is CCCCC(CC)COc1c(C)c(C)c(OCC(CC)CCCC)c2c1SC(=C(C#N)C(=O)C(C)(C)C)S2. The highest BCUT2D eigenvalue weighted by Gasteiger charge is 2.35. The Labute approximate surface area is 240 Å². The Balaban J connectivity index is 2.54. The number of nitriles is 1. The summed E-state index contributed by atoms with van der Waals surface area (Å²) in [5.74, 6) is 2.65. The van der Waals surface area contributed by atoms with Crippen LogP contribution in [0.2, 0.25) is 0 Å². The lowest BCUT2D eigenvalue weighted by Gasteiger charge is -2.23. The monoisotopic (exact) mass is 559 g/mol. The summed E-state index contributed by atoms with van der Waals surface area (Å²) in [5, 5.41) is 10.0. The first-order valence-electron chi connectivity index (χ1n) is 14.5. The van der Waals surface area contributed by atoms with E-state index in [0.717, 1.165) is 62.3 Å². The molecule has 2 rings (SSSR count). The molecular formula is C32H49NO3S2. The molecule has 4 nitrogen and oxygen atoms in total. The molecule has 0 radical (unpaired) electrons. The number of ether oxygens (including phenoxy) is 2. The quantitative estimate of drug-likeness (QED) is 0.157. The zero-order valence-electron chi connectivity index (χ0n) is 25.2. The Kier molecular flexibility index (Phi) is 13.1. The fourth-order valence-corrected chi connectivity index (χ4v) is 7.24. The lowest BCUT2D eigenvalue weighted by atomic mass is 9.87. The largest absolute Gasteiger partial charge is 0.492 e. The molecule has 1 aromatic rings. The molecule has 2 atom stereocenters. The maximum absolute atomic E-state index is 13.2. The Morgan fingerprint density at radius 3 is 1.58 bits per heavy atom. The van der Waals surface area contributed by atoms with Gasteiger partial charge in [-0.1, -0.05) is 111 Å². The van der Waals surface area contributed by atoms with E-state index in [9.17, 15) is 10.1 Å². The van der Waals surface area contributed by atoms with Gasteiger partial charge in [-0.3, -0.25) is 4.79 Å². The third-order valence-corrected chi connectivity index (χ3v) is 10.1. The van der Waals surface area contributed by atoms with Gasteiger partial charge in [-0.25, -0.2) is 0 Å². The van der Waals surface area contributed by atoms with Gasteiger partial charge < -0.3 is 9.47 Å². The molecule has 1 aromatic carbocycles. The van der Waals surface area contributed by atoms with Crippen molar-refractivity contribution in [3.05, 3.63) is 20.9 Å². The van der Waals surface area contributed by atoms with E-state index >= 15 is 0 Å². The van der Waals surface area contributed by atoms with Crippen LogP contribution in [0.3, 0.4) is 0 Å². The van der Waals surface area contributed by atoms with Crippen molar-refractivity contribution in [1.29, 1.82) is 5.26 Å². The molecule has 0 saturated heterocycles. The number of thioether (sulfide) groups is 2. The average molecular weight is 560 g/mol. The van der Waals surface area contributed by atoms with Crippen molar-refractivity contribution in [1.82, 2.24) is 0 Å². The van der Waals surface area contributed by atoms with E-state index in [0.29, 0.717) is 25.0 Å². The molecule has 0 spiro atoms. The van der Waals surface area contributed by atoms with Crippen molar-refractivity contribution in [2.24, 2.45) is 17.3 Å². The van der Waals surface area contributed by atoms with E-state index in [1.165, 1.54) is 49.2 Å². The van der Waals surface area contributed by atoms with Crippen molar-refractivity contribution in [2.45, 2.75) is 123 Å². The Hall–Kier alpha value is -1.58. The second-order valence-electron chi connectivity index (χ2n) is 11.6. The van der Waals surface area contributed by atoms with E-state index in [2.05, 4.69) is 47.6 Å². The summed E-state index contributed by atoms with van der Waals surface area (Å²) >= 11 is 3.00. The fraction of sp³-hybridized carbons (Fsp3) is 0.688. The van der Waals surface area contributed by atoms with Gasteiger partial charge in [0, 0.05) is 5.41 Å². The lowest BCUT2D eigenvalue weighted by Crippen LogP contribution is -2.21. The van der Waals surface area contributed by atoms with Crippen molar-refractivity contribution >= 4 is 29.3 Å². The Bertz CT molecular complexity index is 976. The van der Waals surface area contributed by atoms with Gasteiger partial charge >= 0.3 is 0 Å². The van der Waals surface area contributed by atoms with Gasteiger partial charge in [0.2, 0.25) is 0 Å². The first kappa shape index (κ1) is 32.6. The van der Waals surface area contributed by atoms with Crippen LogP contribution in [-0.4, -0.2) is 19.0 Å². The van der Waals surface area contributed by atoms with E-state index in [-0.39, 0.29) is 11.4 Å². The van der Waals surface area contributed by atoms with Gasteiger partial charge in [0.15, 0.2) is 5.78 Å². The predicted molar refractivity (Wildman–Crippen MR) is 162 cm³/mol. The Morgan fingerprint density at radius 1 is 0.842 bits per heavy atom. The van der Waals surface area contributed by atoms with Crippen LogP contribution in [0.4, 0.5) is 0 Å². The maximum Gasteiger partial charge on any atom is 0.180 e. The van der Waals surface area contributed by atoms with Crippen molar-refractivity contribution in [2.75, 3.05) is 13.2 Å². The summed E-state index contributed by atoms with van der Waals surface area (Å²) in [6.07, 6.45) is 9.29. The molecule has 1 aliphatic heterocycles. The summed E-state index contributed by atoms with van der Waals surface area (Å²) in [6, 6.07) is 2.23. The molecular weight excluding hydrogens is 510 g/mol. The van der Waals surface area contributed by atoms with Gasteiger partial charge in [0.05, 0.1) is 27.2 Å². The average Bonchev–Trinajstić information content (AvgIpc) is 3.31. The molecule has 0 N–H and O–H groups in total. The number of benzene rings is 1. The number of unbranched alkanes of at least 4 members (excludes halogenated alkanes) is 2. The number of ketones is 1. The number of rotatable bonds is 15. The molecule has 1 heterocycles. The molecule has 0 aromatic heterocycles. The third kappa shape index (κ3) is 8.21. The summed E-state index contributed by atoms with van der Waals surface area (Å²) in [4.78, 5) is 15.2. The number of fused-ring (bicyclic) bond motifs is 1. The normalized spacial score (nSPS) is 14.6.